The molecule has 0 aliphatic rings. The first-order chi connectivity index (χ1) is 11.7. The van der Waals surface area contributed by atoms with Crippen molar-refractivity contribution in [3.8, 4) is 5.13 Å². The number of aromatic amines is 1. The van der Waals surface area contributed by atoms with Gasteiger partial charge in [-0.05, 0) is 30.5 Å². The number of thiophene rings is 1. The van der Waals surface area contributed by atoms with E-state index in [0.717, 1.165) is 15.9 Å². The van der Waals surface area contributed by atoms with Crippen LogP contribution in [0.25, 0.3) is 15.3 Å². The zero-order valence-electron chi connectivity index (χ0n) is 12.9. The van der Waals surface area contributed by atoms with Crippen molar-refractivity contribution in [1.29, 1.82) is 0 Å². The lowest BCUT2D eigenvalue weighted by Crippen LogP contribution is -2.17. The molecule has 0 atom stereocenters. The Morgan fingerprint density at radius 2 is 2.17 bits per heavy atom. The first-order valence-corrected chi connectivity index (χ1v) is 9.12. The van der Waals surface area contributed by atoms with Crippen molar-refractivity contribution in [3.63, 3.8) is 0 Å². The van der Waals surface area contributed by atoms with E-state index >= 15 is 0 Å². The van der Waals surface area contributed by atoms with Gasteiger partial charge in [-0.3, -0.25) is 14.9 Å². The summed E-state index contributed by atoms with van der Waals surface area (Å²) in [7, 11) is 0. The molecule has 0 spiro atoms. The number of H-pyrrole nitrogens is 1. The van der Waals surface area contributed by atoms with Crippen molar-refractivity contribution in [2.24, 2.45) is 4.99 Å². The highest BCUT2D eigenvalue weighted by Crippen LogP contribution is 2.23. The minimum absolute atomic E-state index is 0.124. The predicted molar refractivity (Wildman–Crippen MR) is 99.9 cm³/mol. The first-order valence-electron chi connectivity index (χ1n) is 7.42. The van der Waals surface area contributed by atoms with Crippen LogP contribution in [-0.2, 0) is 6.54 Å². The summed E-state index contributed by atoms with van der Waals surface area (Å²) in [5, 5.41) is 5.76. The minimum Gasteiger partial charge on any atom is -0.293 e. The van der Waals surface area contributed by atoms with Crippen LogP contribution in [0.15, 0.2) is 51.6 Å². The van der Waals surface area contributed by atoms with Crippen LogP contribution in [0.2, 0.25) is 0 Å². The molecule has 0 amide bonds. The summed E-state index contributed by atoms with van der Waals surface area (Å²) in [6, 6.07) is 11.9. The molecule has 0 bridgehead atoms. The Morgan fingerprint density at radius 3 is 2.96 bits per heavy atom. The fourth-order valence-electron chi connectivity index (χ4n) is 2.43. The van der Waals surface area contributed by atoms with Gasteiger partial charge in [0.05, 0.1) is 22.3 Å². The maximum Gasteiger partial charge on any atom is 0.282 e. The Morgan fingerprint density at radius 1 is 1.29 bits per heavy atom. The number of aryl methyl sites for hydroxylation is 1. The molecule has 1 aromatic carbocycles. The number of aromatic nitrogens is 3. The van der Waals surface area contributed by atoms with Crippen LogP contribution >= 0.6 is 22.7 Å². The number of hydrogen-bond acceptors (Lipinski definition) is 5. The molecule has 0 aliphatic heterocycles. The smallest absolute Gasteiger partial charge is 0.282 e. The van der Waals surface area contributed by atoms with E-state index in [0.29, 0.717) is 17.2 Å². The summed E-state index contributed by atoms with van der Waals surface area (Å²) in [4.78, 5) is 22.8. The van der Waals surface area contributed by atoms with Crippen molar-refractivity contribution in [2.45, 2.75) is 13.5 Å². The van der Waals surface area contributed by atoms with Gasteiger partial charge >= 0.3 is 0 Å². The molecule has 0 aliphatic carbocycles. The number of hydrogen-bond donors (Lipinski definition) is 1. The van der Waals surface area contributed by atoms with Crippen LogP contribution in [0.4, 0.5) is 0 Å². The lowest BCUT2D eigenvalue weighted by Gasteiger charge is -1.92. The molecule has 5 nitrogen and oxygen atoms in total. The standard InChI is InChI=1S/C17H14N4OS2/c1-11-13(10-18-9-12-5-4-8-23-12)16(22)21(20-11)17-19-14-6-2-3-7-15(14)24-17/h2-8,10,20H,9H2,1H3. The highest BCUT2D eigenvalue weighted by Gasteiger charge is 2.13. The van der Waals surface area contributed by atoms with Crippen molar-refractivity contribution in [2.75, 3.05) is 0 Å². The summed E-state index contributed by atoms with van der Waals surface area (Å²) in [6.07, 6.45) is 1.65. The molecular formula is C17H14N4OS2. The van der Waals surface area contributed by atoms with Crippen LogP contribution in [0.5, 0.6) is 0 Å². The second-order valence-corrected chi connectivity index (χ2v) is 7.35. The molecule has 24 heavy (non-hydrogen) atoms. The maximum absolute atomic E-state index is 12.7. The number of thiazole rings is 1. The Bertz CT molecular complexity index is 1040. The van der Waals surface area contributed by atoms with Crippen molar-refractivity contribution >= 4 is 39.1 Å². The number of benzene rings is 1. The largest absolute Gasteiger partial charge is 0.293 e. The third kappa shape index (κ3) is 2.72. The topological polar surface area (TPSA) is 63.0 Å². The van der Waals surface area contributed by atoms with E-state index in [-0.39, 0.29) is 5.56 Å². The Balaban J connectivity index is 1.68. The molecule has 0 fully saturated rings. The highest BCUT2D eigenvalue weighted by atomic mass is 32.1. The molecule has 7 heteroatoms. The summed E-state index contributed by atoms with van der Waals surface area (Å²) in [5.41, 5.74) is 2.13. The van der Waals surface area contributed by atoms with E-state index in [1.54, 1.807) is 17.6 Å². The normalized spacial score (nSPS) is 11.7. The van der Waals surface area contributed by atoms with E-state index in [1.807, 2.05) is 48.7 Å². The minimum atomic E-state index is -0.124. The zero-order chi connectivity index (χ0) is 16.5. The van der Waals surface area contributed by atoms with Crippen LogP contribution in [0.3, 0.4) is 0 Å². The third-order valence-corrected chi connectivity index (χ3v) is 5.52. The molecule has 0 radical (unpaired) electrons. The lowest BCUT2D eigenvalue weighted by molar-refractivity contribution is 0.829. The molecule has 0 unspecified atom stereocenters. The molecule has 0 saturated carbocycles. The monoisotopic (exact) mass is 354 g/mol. The maximum atomic E-state index is 12.7. The average molecular weight is 354 g/mol. The SMILES string of the molecule is Cc1[nH]n(-c2nc3ccccc3s2)c(=O)c1C=NCc1cccs1. The zero-order valence-corrected chi connectivity index (χ0v) is 14.5. The van der Waals surface area contributed by atoms with Gasteiger partial charge in [-0.2, -0.15) is 4.68 Å². The van der Waals surface area contributed by atoms with Gasteiger partial charge in [0.2, 0.25) is 5.13 Å². The van der Waals surface area contributed by atoms with Gasteiger partial charge in [-0.1, -0.05) is 29.5 Å². The highest BCUT2D eigenvalue weighted by molar-refractivity contribution is 7.20. The summed E-state index contributed by atoms with van der Waals surface area (Å²) >= 11 is 3.14. The quantitative estimate of drug-likeness (QED) is 0.567. The molecule has 4 rings (SSSR count). The van der Waals surface area contributed by atoms with Crippen LogP contribution < -0.4 is 5.56 Å². The van der Waals surface area contributed by atoms with Gasteiger partial charge in [0.25, 0.3) is 5.56 Å². The van der Waals surface area contributed by atoms with Gasteiger partial charge in [-0.15, -0.1) is 11.3 Å². The van der Waals surface area contributed by atoms with Gasteiger partial charge < -0.3 is 0 Å². The number of nitrogens with one attached hydrogen (secondary N) is 1. The molecule has 3 heterocycles. The summed E-state index contributed by atoms with van der Waals surface area (Å²) in [6.45, 7) is 2.46. The van der Waals surface area contributed by atoms with E-state index in [2.05, 4.69) is 15.1 Å². The molecule has 120 valence electrons. The Kier molecular flexibility index (Phi) is 3.87. The fraction of sp³-hybridized carbons (Fsp3) is 0.118. The van der Waals surface area contributed by atoms with Crippen molar-refractivity contribution in [1.82, 2.24) is 14.8 Å². The summed E-state index contributed by atoms with van der Waals surface area (Å²) < 4.78 is 2.55. The number of fused-ring (bicyclic) bond motifs is 1. The molecule has 4 aromatic rings. The lowest BCUT2D eigenvalue weighted by atomic mass is 10.3. The number of rotatable bonds is 4. The van der Waals surface area contributed by atoms with E-state index in [4.69, 9.17) is 0 Å². The van der Waals surface area contributed by atoms with Gasteiger partial charge in [-0.25, -0.2) is 4.98 Å². The van der Waals surface area contributed by atoms with Crippen LogP contribution in [-0.4, -0.2) is 21.0 Å². The summed E-state index contributed by atoms with van der Waals surface area (Å²) in [5.74, 6) is 0. The van der Waals surface area contributed by atoms with Gasteiger partial charge in [0.1, 0.15) is 0 Å². The molecule has 1 N–H and O–H groups in total. The Labute approximate surface area is 145 Å². The van der Waals surface area contributed by atoms with E-state index in [9.17, 15) is 4.79 Å². The Hall–Kier alpha value is -2.51. The second-order valence-electron chi connectivity index (χ2n) is 5.30. The fourth-order valence-corrected chi connectivity index (χ4v) is 3.99. The molecular weight excluding hydrogens is 340 g/mol. The number of aliphatic imine (C=N–C) groups is 1. The van der Waals surface area contributed by atoms with Crippen LogP contribution in [0.1, 0.15) is 16.1 Å². The van der Waals surface area contributed by atoms with Crippen molar-refractivity contribution < 1.29 is 0 Å². The first kappa shape index (κ1) is 15.0. The third-order valence-electron chi connectivity index (χ3n) is 3.64. The van der Waals surface area contributed by atoms with Crippen molar-refractivity contribution in [3.05, 3.63) is 68.3 Å². The van der Waals surface area contributed by atoms with Gasteiger partial charge in [0.15, 0.2) is 0 Å². The van der Waals surface area contributed by atoms with E-state index < -0.39 is 0 Å². The molecule has 0 saturated heterocycles. The molecule has 3 aromatic heterocycles. The van der Waals surface area contributed by atoms with Crippen LogP contribution in [0, 0.1) is 6.92 Å². The second kappa shape index (κ2) is 6.18. The average Bonchev–Trinajstić information content (AvgIpc) is 3.29. The van der Waals surface area contributed by atoms with E-state index in [1.165, 1.54) is 20.9 Å². The number of para-hydroxylation sites is 1. The predicted octanol–water partition coefficient (Wildman–Crippen LogP) is 3.76. The number of nitrogens with zero attached hydrogens (tertiary/aromatic N) is 3. The van der Waals surface area contributed by atoms with Gasteiger partial charge in [0, 0.05) is 16.8 Å².